The molecule has 0 radical (unpaired) electrons. The summed E-state index contributed by atoms with van der Waals surface area (Å²) >= 11 is 0. The lowest BCUT2D eigenvalue weighted by atomic mass is 10.2. The molecular weight excluding hydrogens is 276 g/mol. The minimum absolute atomic E-state index is 0.283. The number of rotatable bonds is 5. The Kier molecular flexibility index (Phi) is 4.10. The fourth-order valence-corrected chi connectivity index (χ4v) is 2.86. The van der Waals surface area contributed by atoms with Crippen LogP contribution in [-0.2, 0) is 16.6 Å². The SMILES string of the molecule is CNS(=O)(=O)c1cc(NCc2cnc(C)[nH]2)ccc1C. The van der Waals surface area contributed by atoms with Crippen molar-refractivity contribution in [2.24, 2.45) is 0 Å². The van der Waals surface area contributed by atoms with Crippen molar-refractivity contribution in [1.82, 2.24) is 14.7 Å². The van der Waals surface area contributed by atoms with Gasteiger partial charge in [-0.2, -0.15) is 0 Å². The first-order valence-corrected chi connectivity index (χ1v) is 7.69. The third kappa shape index (κ3) is 3.17. The second kappa shape index (κ2) is 5.64. The molecule has 108 valence electrons. The van der Waals surface area contributed by atoms with E-state index in [1.165, 1.54) is 7.05 Å². The lowest BCUT2D eigenvalue weighted by molar-refractivity contribution is 0.587. The van der Waals surface area contributed by atoms with Crippen molar-refractivity contribution < 1.29 is 8.42 Å². The Morgan fingerprint density at radius 1 is 1.30 bits per heavy atom. The van der Waals surface area contributed by atoms with Crippen LogP contribution >= 0.6 is 0 Å². The Bertz CT molecular complexity index is 707. The van der Waals surface area contributed by atoms with Gasteiger partial charge >= 0.3 is 0 Å². The summed E-state index contributed by atoms with van der Waals surface area (Å²) in [6.07, 6.45) is 1.75. The number of sulfonamides is 1. The van der Waals surface area contributed by atoms with Gasteiger partial charge in [0, 0.05) is 5.69 Å². The molecule has 3 N–H and O–H groups in total. The molecule has 20 heavy (non-hydrogen) atoms. The van der Waals surface area contributed by atoms with Crippen molar-refractivity contribution in [1.29, 1.82) is 0 Å². The molecule has 1 aromatic heterocycles. The second-order valence-corrected chi connectivity index (χ2v) is 6.39. The Morgan fingerprint density at radius 2 is 2.05 bits per heavy atom. The van der Waals surface area contributed by atoms with Crippen LogP contribution in [0.2, 0.25) is 0 Å². The molecular formula is C13H18N4O2S. The zero-order valence-corrected chi connectivity index (χ0v) is 12.5. The van der Waals surface area contributed by atoms with Gasteiger partial charge in [-0.25, -0.2) is 18.1 Å². The van der Waals surface area contributed by atoms with Crippen LogP contribution in [0.1, 0.15) is 17.1 Å². The number of nitrogens with one attached hydrogen (secondary N) is 3. The first-order chi connectivity index (χ1) is 9.42. The quantitative estimate of drug-likeness (QED) is 0.781. The highest BCUT2D eigenvalue weighted by Crippen LogP contribution is 2.20. The van der Waals surface area contributed by atoms with E-state index in [1.54, 1.807) is 25.3 Å². The van der Waals surface area contributed by atoms with Crippen molar-refractivity contribution in [3.63, 3.8) is 0 Å². The van der Waals surface area contributed by atoms with E-state index in [1.807, 2.05) is 13.0 Å². The average Bonchev–Trinajstić information content (AvgIpc) is 2.83. The van der Waals surface area contributed by atoms with Crippen LogP contribution in [0.4, 0.5) is 5.69 Å². The molecule has 0 fully saturated rings. The average molecular weight is 294 g/mol. The normalized spacial score (nSPS) is 11.6. The number of nitrogens with zero attached hydrogens (tertiary/aromatic N) is 1. The summed E-state index contributed by atoms with van der Waals surface area (Å²) in [4.78, 5) is 7.50. The van der Waals surface area contributed by atoms with E-state index in [0.717, 1.165) is 17.2 Å². The van der Waals surface area contributed by atoms with E-state index in [2.05, 4.69) is 20.0 Å². The summed E-state index contributed by atoms with van der Waals surface area (Å²) in [6.45, 7) is 4.21. The van der Waals surface area contributed by atoms with Crippen molar-refractivity contribution in [2.75, 3.05) is 12.4 Å². The first-order valence-electron chi connectivity index (χ1n) is 6.21. The van der Waals surface area contributed by atoms with Gasteiger partial charge in [-0.3, -0.25) is 0 Å². The predicted octanol–water partition coefficient (Wildman–Crippen LogP) is 1.55. The molecule has 6 nitrogen and oxygen atoms in total. The summed E-state index contributed by atoms with van der Waals surface area (Å²) in [7, 11) is -2.04. The molecule has 0 saturated carbocycles. The second-order valence-electron chi connectivity index (χ2n) is 4.54. The Labute approximate surface area is 118 Å². The lowest BCUT2D eigenvalue weighted by Gasteiger charge is -2.10. The zero-order chi connectivity index (χ0) is 14.8. The van der Waals surface area contributed by atoms with E-state index in [-0.39, 0.29) is 4.90 Å². The van der Waals surface area contributed by atoms with Crippen LogP contribution in [0.5, 0.6) is 0 Å². The highest BCUT2D eigenvalue weighted by Gasteiger charge is 2.14. The fourth-order valence-electron chi connectivity index (χ4n) is 1.87. The number of hydrogen-bond donors (Lipinski definition) is 3. The summed E-state index contributed by atoms with van der Waals surface area (Å²) in [5.74, 6) is 0.851. The largest absolute Gasteiger partial charge is 0.379 e. The lowest BCUT2D eigenvalue weighted by Crippen LogP contribution is -2.19. The van der Waals surface area contributed by atoms with Gasteiger partial charge in [-0.05, 0) is 38.6 Å². The third-order valence-electron chi connectivity index (χ3n) is 2.98. The number of aromatic amines is 1. The van der Waals surface area contributed by atoms with Crippen LogP contribution in [0.3, 0.4) is 0 Å². The number of aryl methyl sites for hydroxylation is 2. The van der Waals surface area contributed by atoms with E-state index in [9.17, 15) is 8.42 Å². The van der Waals surface area contributed by atoms with Crippen molar-refractivity contribution in [2.45, 2.75) is 25.3 Å². The first kappa shape index (κ1) is 14.5. The molecule has 7 heteroatoms. The summed E-state index contributed by atoms with van der Waals surface area (Å²) in [5.41, 5.74) is 2.40. The number of H-pyrrole nitrogens is 1. The predicted molar refractivity (Wildman–Crippen MR) is 78.1 cm³/mol. The highest BCUT2D eigenvalue weighted by molar-refractivity contribution is 7.89. The summed E-state index contributed by atoms with van der Waals surface area (Å²) in [6, 6.07) is 5.27. The Hall–Kier alpha value is -1.86. The van der Waals surface area contributed by atoms with Gasteiger partial charge in [-0.15, -0.1) is 0 Å². The third-order valence-corrected chi connectivity index (χ3v) is 4.54. The number of aromatic nitrogens is 2. The van der Waals surface area contributed by atoms with Gasteiger partial charge in [0.2, 0.25) is 10.0 Å². The molecule has 0 saturated heterocycles. The molecule has 1 aromatic carbocycles. The molecule has 0 spiro atoms. The van der Waals surface area contributed by atoms with Crippen LogP contribution < -0.4 is 10.0 Å². The zero-order valence-electron chi connectivity index (χ0n) is 11.7. The minimum Gasteiger partial charge on any atom is -0.379 e. The standard InChI is InChI=1S/C13H18N4O2S/c1-9-4-5-11(6-13(9)20(18,19)14-3)16-8-12-7-15-10(2)17-12/h4-7,14,16H,8H2,1-3H3,(H,15,17). The molecule has 0 unspecified atom stereocenters. The maximum absolute atomic E-state index is 11.9. The molecule has 0 bridgehead atoms. The number of imidazole rings is 1. The van der Waals surface area contributed by atoms with Crippen LogP contribution in [0.25, 0.3) is 0 Å². The summed E-state index contributed by atoms with van der Waals surface area (Å²) in [5, 5.41) is 3.17. The minimum atomic E-state index is -3.44. The maximum Gasteiger partial charge on any atom is 0.240 e. The van der Waals surface area contributed by atoms with Gasteiger partial charge < -0.3 is 10.3 Å². The molecule has 2 aromatic rings. The van der Waals surface area contributed by atoms with Crippen molar-refractivity contribution in [3.05, 3.63) is 41.5 Å². The highest BCUT2D eigenvalue weighted by atomic mass is 32.2. The molecule has 2 rings (SSSR count). The van der Waals surface area contributed by atoms with Gasteiger partial charge in [0.1, 0.15) is 5.82 Å². The van der Waals surface area contributed by atoms with Gasteiger partial charge in [0.25, 0.3) is 0 Å². The van der Waals surface area contributed by atoms with E-state index >= 15 is 0 Å². The molecule has 0 aliphatic rings. The molecule has 0 atom stereocenters. The van der Waals surface area contributed by atoms with Crippen molar-refractivity contribution >= 4 is 15.7 Å². The number of benzene rings is 1. The van der Waals surface area contributed by atoms with Gasteiger partial charge in [0.15, 0.2) is 0 Å². The molecule has 0 aliphatic heterocycles. The van der Waals surface area contributed by atoms with Crippen LogP contribution in [0.15, 0.2) is 29.3 Å². The molecule has 0 aliphatic carbocycles. The van der Waals surface area contributed by atoms with Gasteiger partial charge in [0.05, 0.1) is 23.3 Å². The number of hydrogen-bond acceptors (Lipinski definition) is 4. The fraction of sp³-hybridized carbons (Fsp3) is 0.308. The smallest absolute Gasteiger partial charge is 0.240 e. The summed E-state index contributed by atoms with van der Waals surface area (Å²) < 4.78 is 26.1. The number of anilines is 1. The Balaban J connectivity index is 2.19. The van der Waals surface area contributed by atoms with Crippen LogP contribution in [0, 0.1) is 13.8 Å². The molecule has 0 amide bonds. The monoisotopic (exact) mass is 294 g/mol. The van der Waals surface area contributed by atoms with Gasteiger partial charge in [-0.1, -0.05) is 6.07 Å². The van der Waals surface area contributed by atoms with Crippen molar-refractivity contribution in [3.8, 4) is 0 Å². The topological polar surface area (TPSA) is 86.9 Å². The Morgan fingerprint density at radius 3 is 2.65 bits per heavy atom. The maximum atomic E-state index is 11.9. The van der Waals surface area contributed by atoms with E-state index in [4.69, 9.17) is 0 Å². The van der Waals surface area contributed by atoms with E-state index < -0.39 is 10.0 Å². The van der Waals surface area contributed by atoms with E-state index in [0.29, 0.717) is 12.1 Å². The van der Waals surface area contributed by atoms with Crippen LogP contribution in [-0.4, -0.2) is 25.4 Å². The molecule has 1 heterocycles.